The van der Waals surface area contributed by atoms with Crippen molar-refractivity contribution in [2.24, 2.45) is 0 Å². The van der Waals surface area contributed by atoms with Gasteiger partial charge in [-0.1, -0.05) is 23.2 Å². The van der Waals surface area contributed by atoms with Crippen LogP contribution in [-0.4, -0.2) is 31.7 Å². The summed E-state index contributed by atoms with van der Waals surface area (Å²) in [5.41, 5.74) is 0.723. The zero-order chi connectivity index (χ0) is 17.8. The molecule has 0 atom stereocenters. The molecule has 0 saturated carbocycles. The van der Waals surface area contributed by atoms with Crippen molar-refractivity contribution in [3.8, 4) is 11.5 Å². The van der Waals surface area contributed by atoms with Crippen LogP contribution in [0.3, 0.4) is 0 Å². The Morgan fingerprint density at radius 2 is 1.76 bits per heavy atom. The van der Waals surface area contributed by atoms with Gasteiger partial charge in [0.25, 0.3) is 5.91 Å². The van der Waals surface area contributed by atoms with E-state index in [-0.39, 0.29) is 5.56 Å². The first-order chi connectivity index (χ1) is 12.0. The number of ether oxygens (including phenoxy) is 3. The lowest BCUT2D eigenvalue weighted by molar-refractivity contribution is -0.119. The number of carbonyl (C=O) groups excluding carboxylic acids is 2. The zero-order valence-electron chi connectivity index (χ0n) is 12.9. The molecule has 2 aromatic rings. The monoisotopic (exact) mass is 381 g/mol. The normalized spacial score (nSPS) is 12.4. The molecule has 0 fully saturated rings. The van der Waals surface area contributed by atoms with Crippen LogP contribution in [0.5, 0.6) is 11.5 Å². The standard InChI is InChI=1S/C17H13Cl2NO5/c18-12-3-2-11(8-13(12)19)20-16(21)9-25-17(22)10-1-4-14-15(7-10)24-6-5-23-14/h1-4,7-8H,5-6,9H2,(H,20,21). The lowest BCUT2D eigenvalue weighted by Crippen LogP contribution is -2.21. The molecule has 1 N–H and O–H groups in total. The van der Waals surface area contributed by atoms with Crippen LogP contribution in [0.15, 0.2) is 36.4 Å². The average Bonchev–Trinajstić information content (AvgIpc) is 2.62. The van der Waals surface area contributed by atoms with Crippen molar-refractivity contribution >= 4 is 40.8 Å². The summed E-state index contributed by atoms with van der Waals surface area (Å²) in [5.74, 6) is -0.0911. The van der Waals surface area contributed by atoms with Gasteiger partial charge < -0.3 is 19.5 Å². The molecule has 0 unspecified atom stereocenters. The van der Waals surface area contributed by atoms with Crippen molar-refractivity contribution < 1.29 is 23.8 Å². The van der Waals surface area contributed by atoms with Crippen LogP contribution in [0.25, 0.3) is 0 Å². The van der Waals surface area contributed by atoms with Gasteiger partial charge in [0.2, 0.25) is 0 Å². The number of anilines is 1. The van der Waals surface area contributed by atoms with Crippen molar-refractivity contribution in [3.63, 3.8) is 0 Å². The molecule has 0 spiro atoms. The number of hydrogen-bond acceptors (Lipinski definition) is 5. The van der Waals surface area contributed by atoms with E-state index in [0.29, 0.717) is 40.4 Å². The summed E-state index contributed by atoms with van der Waals surface area (Å²) in [7, 11) is 0. The maximum atomic E-state index is 12.0. The molecule has 1 heterocycles. The Labute approximate surface area is 153 Å². The molecule has 1 aliphatic heterocycles. The molecule has 0 saturated heterocycles. The van der Waals surface area contributed by atoms with Gasteiger partial charge in [-0.2, -0.15) is 0 Å². The molecule has 0 bridgehead atoms. The first-order valence-electron chi connectivity index (χ1n) is 7.34. The molecule has 3 rings (SSSR count). The van der Waals surface area contributed by atoms with Crippen LogP contribution < -0.4 is 14.8 Å². The van der Waals surface area contributed by atoms with Crippen LogP contribution in [0.4, 0.5) is 5.69 Å². The van der Waals surface area contributed by atoms with E-state index >= 15 is 0 Å². The number of esters is 1. The first-order valence-corrected chi connectivity index (χ1v) is 8.10. The smallest absolute Gasteiger partial charge is 0.338 e. The maximum Gasteiger partial charge on any atom is 0.338 e. The zero-order valence-corrected chi connectivity index (χ0v) is 14.4. The number of fused-ring (bicyclic) bond motifs is 1. The van der Waals surface area contributed by atoms with E-state index in [2.05, 4.69) is 5.32 Å². The number of carbonyl (C=O) groups is 2. The number of hydrogen-bond donors (Lipinski definition) is 1. The number of rotatable bonds is 4. The summed E-state index contributed by atoms with van der Waals surface area (Å²) >= 11 is 11.7. The van der Waals surface area contributed by atoms with Gasteiger partial charge >= 0.3 is 5.97 Å². The topological polar surface area (TPSA) is 73.9 Å². The third kappa shape index (κ3) is 4.35. The fourth-order valence-electron chi connectivity index (χ4n) is 2.16. The Bertz CT molecular complexity index is 825. The molecule has 0 radical (unpaired) electrons. The summed E-state index contributed by atoms with van der Waals surface area (Å²) in [6.45, 7) is 0.441. The van der Waals surface area contributed by atoms with Crippen molar-refractivity contribution in [3.05, 3.63) is 52.0 Å². The van der Waals surface area contributed by atoms with E-state index in [4.69, 9.17) is 37.4 Å². The Morgan fingerprint density at radius 3 is 2.52 bits per heavy atom. The Morgan fingerprint density at radius 1 is 1.00 bits per heavy atom. The Hall–Kier alpha value is -2.44. The number of nitrogens with one attached hydrogen (secondary N) is 1. The van der Waals surface area contributed by atoms with E-state index in [9.17, 15) is 9.59 Å². The summed E-state index contributed by atoms with van der Waals surface area (Å²) < 4.78 is 15.8. The van der Waals surface area contributed by atoms with E-state index in [1.165, 1.54) is 12.1 Å². The average molecular weight is 382 g/mol. The predicted molar refractivity (Wildman–Crippen MR) is 92.8 cm³/mol. The highest BCUT2D eigenvalue weighted by atomic mass is 35.5. The molecule has 130 valence electrons. The summed E-state index contributed by atoms with van der Waals surface area (Å²) in [6.07, 6.45) is 0. The summed E-state index contributed by atoms with van der Waals surface area (Å²) in [5, 5.41) is 3.25. The van der Waals surface area contributed by atoms with Gasteiger partial charge in [0.05, 0.1) is 15.6 Å². The molecule has 25 heavy (non-hydrogen) atoms. The van der Waals surface area contributed by atoms with Crippen molar-refractivity contribution in [2.45, 2.75) is 0 Å². The van der Waals surface area contributed by atoms with Crippen LogP contribution in [-0.2, 0) is 9.53 Å². The number of amides is 1. The van der Waals surface area contributed by atoms with Crippen molar-refractivity contribution in [2.75, 3.05) is 25.1 Å². The predicted octanol–water partition coefficient (Wildman–Crippen LogP) is 3.56. The summed E-state index contributed by atoms with van der Waals surface area (Å²) in [4.78, 5) is 23.9. The molecule has 1 aliphatic rings. The van der Waals surface area contributed by atoms with Crippen LogP contribution in [0.2, 0.25) is 10.0 Å². The van der Waals surface area contributed by atoms with Gasteiger partial charge in [0, 0.05) is 5.69 Å². The van der Waals surface area contributed by atoms with Crippen molar-refractivity contribution in [1.29, 1.82) is 0 Å². The fraction of sp³-hybridized carbons (Fsp3) is 0.176. The minimum atomic E-state index is -0.638. The summed E-state index contributed by atoms with van der Waals surface area (Å²) in [6, 6.07) is 9.35. The van der Waals surface area contributed by atoms with E-state index in [0.717, 1.165) is 0 Å². The van der Waals surface area contributed by atoms with Gasteiger partial charge in [-0.05, 0) is 36.4 Å². The third-order valence-electron chi connectivity index (χ3n) is 3.32. The van der Waals surface area contributed by atoms with Crippen LogP contribution in [0, 0.1) is 0 Å². The van der Waals surface area contributed by atoms with E-state index < -0.39 is 18.5 Å². The second-order valence-electron chi connectivity index (χ2n) is 5.11. The largest absolute Gasteiger partial charge is 0.486 e. The Balaban J connectivity index is 1.56. The first kappa shape index (κ1) is 17.4. The second-order valence-corrected chi connectivity index (χ2v) is 5.93. The van der Waals surface area contributed by atoms with Gasteiger partial charge in [0.1, 0.15) is 13.2 Å². The Kier molecular flexibility index (Phi) is 5.31. The van der Waals surface area contributed by atoms with Gasteiger partial charge in [0.15, 0.2) is 18.1 Å². The maximum absolute atomic E-state index is 12.0. The van der Waals surface area contributed by atoms with Crippen molar-refractivity contribution in [1.82, 2.24) is 0 Å². The van der Waals surface area contributed by atoms with Gasteiger partial charge in [-0.3, -0.25) is 4.79 Å². The van der Waals surface area contributed by atoms with E-state index in [1.54, 1.807) is 24.3 Å². The number of halogens is 2. The third-order valence-corrected chi connectivity index (χ3v) is 4.05. The van der Waals surface area contributed by atoms with Gasteiger partial charge in [-0.15, -0.1) is 0 Å². The second kappa shape index (κ2) is 7.63. The lowest BCUT2D eigenvalue weighted by Gasteiger charge is -2.18. The minimum absolute atomic E-state index is 0.270. The highest BCUT2D eigenvalue weighted by molar-refractivity contribution is 6.42. The highest BCUT2D eigenvalue weighted by Crippen LogP contribution is 2.31. The quantitative estimate of drug-likeness (QED) is 0.819. The molecular formula is C17H13Cl2NO5. The fourth-order valence-corrected chi connectivity index (χ4v) is 2.45. The number of benzene rings is 2. The van der Waals surface area contributed by atoms with E-state index in [1.807, 2.05) is 0 Å². The van der Waals surface area contributed by atoms with Crippen LogP contribution >= 0.6 is 23.2 Å². The lowest BCUT2D eigenvalue weighted by atomic mass is 10.2. The molecule has 2 aromatic carbocycles. The molecule has 0 aliphatic carbocycles. The van der Waals surface area contributed by atoms with Crippen LogP contribution in [0.1, 0.15) is 10.4 Å². The molecular weight excluding hydrogens is 369 g/mol. The molecule has 8 heteroatoms. The molecule has 6 nitrogen and oxygen atoms in total. The molecule has 0 aromatic heterocycles. The minimum Gasteiger partial charge on any atom is -0.486 e. The SMILES string of the molecule is O=C(COC(=O)c1ccc2c(c1)OCCO2)Nc1ccc(Cl)c(Cl)c1. The molecule has 1 amide bonds. The highest BCUT2D eigenvalue weighted by Gasteiger charge is 2.16. The van der Waals surface area contributed by atoms with Gasteiger partial charge in [-0.25, -0.2) is 4.79 Å².